The predicted molar refractivity (Wildman–Crippen MR) is 65.4 cm³/mol. The molecule has 1 aliphatic carbocycles. The second-order valence-corrected chi connectivity index (χ2v) is 4.52. The lowest BCUT2D eigenvalue weighted by Crippen LogP contribution is -2.15. The van der Waals surface area contributed by atoms with Crippen LogP contribution in [0.2, 0.25) is 0 Å². The first-order valence-electron chi connectivity index (χ1n) is 6.12. The molecule has 1 aliphatic rings. The van der Waals surface area contributed by atoms with Crippen LogP contribution in [-0.2, 0) is 11.2 Å². The summed E-state index contributed by atoms with van der Waals surface area (Å²) in [4.78, 5) is 0. The van der Waals surface area contributed by atoms with Gasteiger partial charge in [0.05, 0.1) is 12.7 Å². The van der Waals surface area contributed by atoms with E-state index in [0.29, 0.717) is 43.5 Å². The van der Waals surface area contributed by atoms with E-state index in [-0.39, 0.29) is 0 Å². The third kappa shape index (κ3) is 4.16. The first-order chi connectivity index (χ1) is 8.38. The Kier molecular flexibility index (Phi) is 5.07. The monoisotopic (exact) mass is 259 g/mol. The van der Waals surface area contributed by atoms with Gasteiger partial charge in [0.2, 0.25) is 5.89 Å². The van der Waals surface area contributed by atoms with E-state index in [1.807, 2.05) is 0 Å². The minimum absolute atomic E-state index is 0.445. The van der Waals surface area contributed by atoms with Crippen LogP contribution in [0.1, 0.15) is 31.6 Å². The van der Waals surface area contributed by atoms with Crippen molar-refractivity contribution < 1.29 is 9.15 Å². The Balaban J connectivity index is 1.60. The Morgan fingerprint density at radius 1 is 1.35 bits per heavy atom. The van der Waals surface area contributed by atoms with Gasteiger partial charge in [0.25, 0.3) is 0 Å². The normalized spacial score (nSPS) is 16.5. The number of aromatic nitrogens is 2. The SMILES string of the molecule is ClCCc1nnc(NCCOC2CCCC2)o1. The average Bonchev–Trinajstić information content (AvgIpc) is 2.96. The summed E-state index contributed by atoms with van der Waals surface area (Å²) < 4.78 is 11.0. The molecule has 96 valence electrons. The molecule has 0 bridgehead atoms. The first kappa shape index (κ1) is 12.6. The molecule has 1 fully saturated rings. The largest absolute Gasteiger partial charge is 0.408 e. The molecule has 1 aromatic rings. The third-order valence-corrected chi connectivity index (χ3v) is 3.00. The maximum Gasteiger partial charge on any atom is 0.315 e. The lowest BCUT2D eigenvalue weighted by molar-refractivity contribution is 0.0657. The van der Waals surface area contributed by atoms with Crippen LogP contribution in [0.25, 0.3) is 0 Å². The molecule has 0 aromatic carbocycles. The number of rotatable bonds is 7. The van der Waals surface area contributed by atoms with Gasteiger partial charge >= 0.3 is 6.01 Å². The van der Waals surface area contributed by atoms with Crippen LogP contribution >= 0.6 is 11.6 Å². The molecule has 0 saturated heterocycles. The molecule has 1 aromatic heterocycles. The van der Waals surface area contributed by atoms with Crippen molar-refractivity contribution >= 4 is 17.6 Å². The van der Waals surface area contributed by atoms with Crippen LogP contribution in [0, 0.1) is 0 Å². The van der Waals surface area contributed by atoms with Gasteiger partial charge in [0, 0.05) is 18.8 Å². The number of halogens is 1. The van der Waals surface area contributed by atoms with E-state index in [4.69, 9.17) is 20.8 Å². The van der Waals surface area contributed by atoms with Gasteiger partial charge in [-0.25, -0.2) is 0 Å². The van der Waals surface area contributed by atoms with Crippen LogP contribution in [-0.4, -0.2) is 35.3 Å². The van der Waals surface area contributed by atoms with Crippen molar-refractivity contribution in [3.8, 4) is 0 Å². The number of nitrogens with one attached hydrogen (secondary N) is 1. The van der Waals surface area contributed by atoms with Gasteiger partial charge in [-0.2, -0.15) is 0 Å². The molecule has 1 saturated carbocycles. The van der Waals surface area contributed by atoms with Gasteiger partial charge in [-0.05, 0) is 12.8 Å². The van der Waals surface area contributed by atoms with Crippen molar-refractivity contribution in [3.63, 3.8) is 0 Å². The van der Waals surface area contributed by atoms with E-state index in [1.54, 1.807) is 0 Å². The highest BCUT2D eigenvalue weighted by Crippen LogP contribution is 2.20. The number of ether oxygens (including phenoxy) is 1. The van der Waals surface area contributed by atoms with Crippen molar-refractivity contribution in [2.24, 2.45) is 0 Å². The zero-order valence-corrected chi connectivity index (χ0v) is 10.6. The maximum absolute atomic E-state index is 5.71. The third-order valence-electron chi connectivity index (χ3n) is 2.81. The molecule has 0 aliphatic heterocycles. The summed E-state index contributed by atoms with van der Waals surface area (Å²) in [5, 5.41) is 10.8. The lowest BCUT2D eigenvalue weighted by atomic mass is 10.3. The Morgan fingerprint density at radius 2 is 2.18 bits per heavy atom. The zero-order valence-electron chi connectivity index (χ0n) is 9.82. The van der Waals surface area contributed by atoms with Crippen molar-refractivity contribution in [1.29, 1.82) is 0 Å². The standard InChI is InChI=1S/C11H18ClN3O2/c12-6-5-10-14-15-11(17-10)13-7-8-16-9-3-1-2-4-9/h9H,1-8H2,(H,13,15). The fourth-order valence-corrected chi connectivity index (χ4v) is 2.11. The molecular weight excluding hydrogens is 242 g/mol. The molecule has 6 heteroatoms. The highest BCUT2D eigenvalue weighted by atomic mass is 35.5. The zero-order chi connectivity index (χ0) is 11.9. The van der Waals surface area contributed by atoms with Gasteiger partial charge in [-0.3, -0.25) is 0 Å². The molecule has 0 atom stereocenters. The van der Waals surface area contributed by atoms with Gasteiger partial charge in [-0.1, -0.05) is 17.9 Å². The topological polar surface area (TPSA) is 60.2 Å². The van der Waals surface area contributed by atoms with Crippen molar-refractivity contribution in [2.45, 2.75) is 38.2 Å². The molecular formula is C11H18ClN3O2. The molecule has 17 heavy (non-hydrogen) atoms. The number of nitrogens with zero attached hydrogens (tertiary/aromatic N) is 2. The summed E-state index contributed by atoms with van der Waals surface area (Å²) >= 11 is 5.58. The minimum atomic E-state index is 0.445. The van der Waals surface area contributed by atoms with Gasteiger partial charge in [-0.15, -0.1) is 16.7 Å². The lowest BCUT2D eigenvalue weighted by Gasteiger charge is -2.10. The molecule has 2 rings (SSSR count). The minimum Gasteiger partial charge on any atom is -0.408 e. The summed E-state index contributed by atoms with van der Waals surface area (Å²) in [6.07, 6.45) is 6.04. The summed E-state index contributed by atoms with van der Waals surface area (Å²) in [5.74, 6) is 1.06. The quantitative estimate of drug-likeness (QED) is 0.601. The van der Waals surface area contributed by atoms with E-state index in [2.05, 4.69) is 15.5 Å². The number of hydrogen-bond acceptors (Lipinski definition) is 5. The van der Waals surface area contributed by atoms with Gasteiger partial charge < -0.3 is 14.5 Å². The Bertz CT molecular complexity index is 326. The number of anilines is 1. The molecule has 0 unspecified atom stereocenters. The molecule has 0 amide bonds. The number of aryl methyl sites for hydroxylation is 1. The van der Waals surface area contributed by atoms with E-state index in [1.165, 1.54) is 25.7 Å². The first-order valence-corrected chi connectivity index (χ1v) is 6.66. The number of alkyl halides is 1. The second kappa shape index (κ2) is 6.81. The Labute approximate surface area is 106 Å². The molecule has 5 nitrogen and oxygen atoms in total. The van der Waals surface area contributed by atoms with Gasteiger partial charge in [0.15, 0.2) is 0 Å². The fourth-order valence-electron chi connectivity index (χ4n) is 1.95. The Morgan fingerprint density at radius 3 is 2.94 bits per heavy atom. The summed E-state index contributed by atoms with van der Waals surface area (Å²) in [5.41, 5.74) is 0. The van der Waals surface area contributed by atoms with E-state index >= 15 is 0 Å². The Hall–Kier alpha value is -0.810. The van der Waals surface area contributed by atoms with E-state index < -0.39 is 0 Å². The molecule has 1 heterocycles. The molecule has 0 spiro atoms. The van der Waals surface area contributed by atoms with Crippen LogP contribution in [0.4, 0.5) is 6.01 Å². The van der Waals surface area contributed by atoms with Crippen molar-refractivity contribution in [3.05, 3.63) is 5.89 Å². The van der Waals surface area contributed by atoms with Crippen LogP contribution < -0.4 is 5.32 Å². The van der Waals surface area contributed by atoms with Crippen molar-refractivity contribution in [2.75, 3.05) is 24.3 Å². The smallest absolute Gasteiger partial charge is 0.315 e. The van der Waals surface area contributed by atoms with Crippen LogP contribution in [0.3, 0.4) is 0 Å². The second-order valence-electron chi connectivity index (χ2n) is 4.14. The average molecular weight is 260 g/mol. The van der Waals surface area contributed by atoms with Gasteiger partial charge in [0.1, 0.15) is 0 Å². The molecule has 1 N–H and O–H groups in total. The van der Waals surface area contributed by atoms with Crippen LogP contribution in [0.5, 0.6) is 0 Å². The van der Waals surface area contributed by atoms with E-state index in [0.717, 1.165) is 0 Å². The fraction of sp³-hybridized carbons (Fsp3) is 0.818. The van der Waals surface area contributed by atoms with Crippen LogP contribution in [0.15, 0.2) is 4.42 Å². The van der Waals surface area contributed by atoms with E-state index in [9.17, 15) is 0 Å². The molecule has 0 radical (unpaired) electrons. The summed E-state index contributed by atoms with van der Waals surface area (Å²) in [6, 6.07) is 0.445. The highest BCUT2D eigenvalue weighted by Gasteiger charge is 2.14. The van der Waals surface area contributed by atoms with Crippen molar-refractivity contribution in [1.82, 2.24) is 10.2 Å². The maximum atomic E-state index is 5.71. The number of hydrogen-bond donors (Lipinski definition) is 1. The predicted octanol–water partition coefficient (Wildman–Crippen LogP) is 2.22. The summed E-state index contributed by atoms with van der Waals surface area (Å²) in [6.45, 7) is 1.37. The summed E-state index contributed by atoms with van der Waals surface area (Å²) in [7, 11) is 0. The highest BCUT2D eigenvalue weighted by molar-refractivity contribution is 6.17.